The summed E-state index contributed by atoms with van der Waals surface area (Å²) >= 11 is 0. The Bertz CT molecular complexity index is 855. The zero-order chi connectivity index (χ0) is 21.4. The van der Waals surface area contributed by atoms with Gasteiger partial charge in [-0.3, -0.25) is 4.90 Å². The average Bonchev–Trinajstić information content (AvgIpc) is 2.82. The molecule has 1 N–H and O–H groups in total. The highest BCUT2D eigenvalue weighted by Crippen LogP contribution is 2.45. The highest BCUT2D eigenvalue weighted by Gasteiger charge is 2.47. The number of methoxy groups -OCH3 is 1. The Labute approximate surface area is 184 Å². The second-order valence-electron chi connectivity index (χ2n) is 9.52. The summed E-state index contributed by atoms with van der Waals surface area (Å²) in [5.74, 6) is 0.684. The SMILES string of the molecule is COC(=O)[C@H](NC(=O)N1CCCC2=C[C@H]3C[C@@H](CN4CCCC[C@@H]34)[C@H]21)c1ccccc1. The number of rotatable bonds is 3. The number of benzene rings is 1. The molecule has 1 aromatic carbocycles. The number of nitrogens with one attached hydrogen (secondary N) is 1. The van der Waals surface area contributed by atoms with E-state index in [1.165, 1.54) is 44.9 Å². The second kappa shape index (κ2) is 8.65. The number of esters is 1. The van der Waals surface area contributed by atoms with E-state index in [9.17, 15) is 9.59 Å². The number of hydrogen-bond donors (Lipinski definition) is 1. The van der Waals surface area contributed by atoms with Gasteiger partial charge in [0.15, 0.2) is 6.04 Å². The van der Waals surface area contributed by atoms with Crippen LogP contribution in [0.5, 0.6) is 0 Å². The van der Waals surface area contributed by atoms with Crippen LogP contribution in [0, 0.1) is 11.8 Å². The van der Waals surface area contributed by atoms with E-state index < -0.39 is 12.0 Å². The molecule has 0 spiro atoms. The summed E-state index contributed by atoms with van der Waals surface area (Å²) in [4.78, 5) is 30.6. The Hall–Kier alpha value is -2.34. The van der Waals surface area contributed by atoms with Crippen LogP contribution in [0.1, 0.15) is 50.1 Å². The molecule has 3 saturated heterocycles. The van der Waals surface area contributed by atoms with Crippen LogP contribution in [-0.2, 0) is 9.53 Å². The fraction of sp³-hybridized carbons (Fsp3) is 0.600. The summed E-state index contributed by atoms with van der Waals surface area (Å²) in [5, 5.41) is 2.99. The number of fused-ring (bicyclic) bond motifs is 6. The number of ether oxygens (including phenoxy) is 1. The molecule has 5 rings (SSSR count). The summed E-state index contributed by atoms with van der Waals surface area (Å²) in [6.45, 7) is 3.02. The van der Waals surface area contributed by atoms with Crippen molar-refractivity contribution in [2.45, 2.75) is 56.7 Å². The van der Waals surface area contributed by atoms with Gasteiger partial charge in [0.1, 0.15) is 0 Å². The lowest BCUT2D eigenvalue weighted by atomic mass is 9.68. The first-order valence-electron chi connectivity index (χ1n) is 11.8. The predicted molar refractivity (Wildman–Crippen MR) is 118 cm³/mol. The summed E-state index contributed by atoms with van der Waals surface area (Å²) in [6.07, 6.45) is 9.71. The number of likely N-dealkylation sites (tertiary alicyclic amines) is 1. The molecule has 6 nitrogen and oxygen atoms in total. The molecule has 3 fully saturated rings. The summed E-state index contributed by atoms with van der Waals surface area (Å²) in [5.41, 5.74) is 2.19. The maximum Gasteiger partial charge on any atom is 0.333 e. The van der Waals surface area contributed by atoms with Gasteiger partial charge in [-0.2, -0.15) is 0 Å². The van der Waals surface area contributed by atoms with Crippen molar-refractivity contribution < 1.29 is 14.3 Å². The van der Waals surface area contributed by atoms with Crippen LogP contribution in [0.2, 0.25) is 0 Å². The number of hydrogen-bond acceptors (Lipinski definition) is 4. The zero-order valence-corrected chi connectivity index (χ0v) is 18.3. The van der Waals surface area contributed by atoms with Gasteiger partial charge in [0.25, 0.3) is 0 Å². The molecule has 166 valence electrons. The minimum absolute atomic E-state index is 0.155. The van der Waals surface area contributed by atoms with E-state index in [4.69, 9.17) is 4.74 Å². The monoisotopic (exact) mass is 423 g/mol. The molecule has 0 aromatic heterocycles. The number of carbonyl (C=O) groups excluding carboxylic acids is 2. The fourth-order valence-corrected chi connectivity index (χ4v) is 6.45. The lowest BCUT2D eigenvalue weighted by Gasteiger charge is -2.54. The maximum absolute atomic E-state index is 13.5. The van der Waals surface area contributed by atoms with Crippen molar-refractivity contribution in [2.24, 2.45) is 11.8 Å². The van der Waals surface area contributed by atoms with Gasteiger partial charge in [0.2, 0.25) is 0 Å². The Morgan fingerprint density at radius 1 is 1.13 bits per heavy atom. The van der Waals surface area contributed by atoms with Crippen LogP contribution in [0.15, 0.2) is 42.0 Å². The molecular formula is C25H33N3O3. The summed E-state index contributed by atoms with van der Waals surface area (Å²) in [7, 11) is 1.37. The normalized spacial score (nSPS) is 31.0. The van der Waals surface area contributed by atoms with Gasteiger partial charge in [0, 0.05) is 19.1 Å². The minimum atomic E-state index is -0.790. The van der Waals surface area contributed by atoms with Gasteiger partial charge in [-0.1, -0.05) is 48.4 Å². The van der Waals surface area contributed by atoms with Gasteiger partial charge in [0.05, 0.1) is 13.2 Å². The molecular weight excluding hydrogens is 390 g/mol. The number of piperidine rings is 3. The number of carbonyl (C=O) groups is 2. The van der Waals surface area contributed by atoms with E-state index in [1.807, 2.05) is 35.2 Å². The number of urea groups is 1. The predicted octanol–water partition coefficient (Wildman–Crippen LogP) is 3.51. The third-order valence-corrected chi connectivity index (χ3v) is 7.76. The number of amides is 2. The van der Waals surface area contributed by atoms with Crippen LogP contribution >= 0.6 is 0 Å². The Kier molecular flexibility index (Phi) is 5.74. The molecule has 3 aliphatic heterocycles. The molecule has 0 radical (unpaired) electrons. The van der Waals surface area contributed by atoms with E-state index in [-0.39, 0.29) is 12.1 Å². The topological polar surface area (TPSA) is 61.9 Å². The van der Waals surface area contributed by atoms with E-state index in [0.29, 0.717) is 17.9 Å². The molecule has 2 bridgehead atoms. The van der Waals surface area contributed by atoms with Gasteiger partial charge in [-0.15, -0.1) is 0 Å². The molecule has 6 heteroatoms. The van der Waals surface area contributed by atoms with Crippen molar-refractivity contribution >= 4 is 12.0 Å². The average molecular weight is 424 g/mol. The van der Waals surface area contributed by atoms with Crippen molar-refractivity contribution in [3.05, 3.63) is 47.5 Å². The van der Waals surface area contributed by atoms with Crippen molar-refractivity contribution in [3.63, 3.8) is 0 Å². The quantitative estimate of drug-likeness (QED) is 0.597. The lowest BCUT2D eigenvalue weighted by molar-refractivity contribution is -0.143. The molecule has 4 aliphatic rings. The smallest absolute Gasteiger partial charge is 0.333 e. The van der Waals surface area contributed by atoms with Crippen molar-refractivity contribution in [1.29, 1.82) is 0 Å². The van der Waals surface area contributed by atoms with Crippen molar-refractivity contribution in [2.75, 3.05) is 26.7 Å². The Morgan fingerprint density at radius 3 is 2.77 bits per heavy atom. The second-order valence-corrected chi connectivity index (χ2v) is 9.52. The molecule has 1 aromatic rings. The van der Waals surface area contributed by atoms with E-state index in [1.54, 1.807) is 0 Å². The summed E-state index contributed by atoms with van der Waals surface area (Å²) < 4.78 is 5.00. The van der Waals surface area contributed by atoms with E-state index in [0.717, 1.165) is 31.5 Å². The van der Waals surface area contributed by atoms with Gasteiger partial charge < -0.3 is 15.0 Å². The number of nitrogens with zero attached hydrogens (tertiary/aromatic N) is 2. The molecule has 1 aliphatic carbocycles. The molecule has 2 amide bonds. The molecule has 0 saturated carbocycles. The van der Waals surface area contributed by atoms with Gasteiger partial charge >= 0.3 is 12.0 Å². The molecule has 3 heterocycles. The van der Waals surface area contributed by atoms with Gasteiger partial charge in [-0.05, 0) is 56.0 Å². The van der Waals surface area contributed by atoms with Crippen molar-refractivity contribution in [1.82, 2.24) is 15.1 Å². The molecule has 0 unspecified atom stereocenters. The van der Waals surface area contributed by atoms with Gasteiger partial charge in [-0.25, -0.2) is 9.59 Å². The highest BCUT2D eigenvalue weighted by atomic mass is 16.5. The first-order valence-corrected chi connectivity index (χ1v) is 11.8. The minimum Gasteiger partial charge on any atom is -0.467 e. The van der Waals surface area contributed by atoms with Crippen LogP contribution < -0.4 is 5.32 Å². The maximum atomic E-state index is 13.5. The standard InChI is InChI=1S/C25H33N3O3/c1-31-24(29)22(17-8-3-2-4-9-17)26-25(30)28-13-7-10-18-14-19-15-20(23(18)28)16-27-12-6-5-11-21(19)27/h2-4,8-9,14,19-23H,5-7,10-13,15-16H2,1H3,(H,26,30)/t19-,20-,21-,22+,23-/m0/s1. The van der Waals surface area contributed by atoms with Crippen LogP contribution in [0.4, 0.5) is 4.79 Å². The Balaban J connectivity index is 1.38. The van der Waals surface area contributed by atoms with E-state index in [2.05, 4.69) is 16.3 Å². The van der Waals surface area contributed by atoms with E-state index >= 15 is 0 Å². The third kappa shape index (κ3) is 3.86. The van der Waals surface area contributed by atoms with Crippen LogP contribution in [0.25, 0.3) is 0 Å². The third-order valence-electron chi connectivity index (χ3n) is 7.76. The Morgan fingerprint density at radius 2 is 1.97 bits per heavy atom. The first-order chi connectivity index (χ1) is 15.2. The van der Waals surface area contributed by atoms with Crippen molar-refractivity contribution in [3.8, 4) is 0 Å². The van der Waals surface area contributed by atoms with Crippen LogP contribution in [0.3, 0.4) is 0 Å². The molecule has 5 atom stereocenters. The van der Waals surface area contributed by atoms with Crippen LogP contribution in [-0.4, -0.2) is 60.6 Å². The fourth-order valence-electron chi connectivity index (χ4n) is 6.45. The zero-order valence-electron chi connectivity index (χ0n) is 18.3. The lowest BCUT2D eigenvalue weighted by Crippen LogP contribution is -2.61. The first kappa shape index (κ1) is 20.6. The summed E-state index contributed by atoms with van der Waals surface area (Å²) in [6, 6.07) is 9.26. The largest absolute Gasteiger partial charge is 0.467 e. The highest BCUT2D eigenvalue weighted by molar-refractivity contribution is 5.85. The molecule has 31 heavy (non-hydrogen) atoms.